The van der Waals surface area contributed by atoms with Crippen LogP contribution in [0.3, 0.4) is 0 Å². The maximum atomic E-state index is 12.1. The minimum absolute atomic E-state index is 0.0863. The van der Waals surface area contributed by atoms with Crippen molar-refractivity contribution in [2.24, 2.45) is 0 Å². The van der Waals surface area contributed by atoms with Crippen LogP contribution in [-0.4, -0.2) is 38.9 Å². The van der Waals surface area contributed by atoms with Crippen molar-refractivity contribution in [3.05, 3.63) is 5.01 Å². The van der Waals surface area contributed by atoms with Crippen molar-refractivity contribution >= 4 is 23.1 Å². The summed E-state index contributed by atoms with van der Waals surface area (Å²) in [4.78, 5) is 0. The van der Waals surface area contributed by atoms with Gasteiger partial charge in [-0.15, -0.1) is 10.2 Å². The molecule has 1 aromatic rings. The predicted molar refractivity (Wildman–Crippen MR) is 48.7 cm³/mol. The van der Waals surface area contributed by atoms with Crippen LogP contribution in [0.2, 0.25) is 0 Å². The zero-order valence-corrected chi connectivity index (χ0v) is 8.86. The molecule has 1 rings (SSSR count). The molecule has 86 valence electrons. The van der Waals surface area contributed by atoms with Gasteiger partial charge in [0.05, 0.1) is 12.7 Å². The lowest BCUT2D eigenvalue weighted by molar-refractivity contribution is -0.138. The Morgan fingerprint density at radius 2 is 2.07 bits per heavy atom. The molecule has 0 amide bonds. The van der Waals surface area contributed by atoms with Gasteiger partial charge >= 0.3 is 6.18 Å². The highest BCUT2D eigenvalue weighted by Crippen LogP contribution is 2.34. The first-order valence-electron chi connectivity index (χ1n) is 3.76. The fourth-order valence-electron chi connectivity index (χ4n) is 0.603. The van der Waals surface area contributed by atoms with Crippen molar-refractivity contribution in [2.45, 2.75) is 16.6 Å². The van der Waals surface area contributed by atoms with E-state index < -0.39 is 23.9 Å². The minimum Gasteiger partial charge on any atom is -0.394 e. The van der Waals surface area contributed by atoms with Crippen molar-refractivity contribution in [2.75, 3.05) is 12.4 Å². The zero-order valence-electron chi connectivity index (χ0n) is 7.23. The van der Waals surface area contributed by atoms with Crippen molar-refractivity contribution < 1.29 is 23.4 Å². The summed E-state index contributed by atoms with van der Waals surface area (Å²) >= 11 is 1.34. The molecular weight excluding hydrogens is 253 g/mol. The Bertz CT molecular complexity index is 318. The van der Waals surface area contributed by atoms with Crippen molar-refractivity contribution in [1.82, 2.24) is 10.2 Å². The second kappa shape index (κ2) is 5.10. The predicted octanol–water partition coefficient (Wildman–Crippen LogP) is 1.00. The standard InChI is InChI=1S/C6H7F3N2O2S2/c7-6(8,9)4-10-11-5(15-4)14-2-3(13)1-12/h3,12-13H,1-2H2. The molecular formula is C6H7F3N2O2S2. The number of halogens is 3. The maximum Gasteiger partial charge on any atom is 0.445 e. The second-order valence-corrected chi connectivity index (χ2v) is 4.76. The van der Waals surface area contributed by atoms with Gasteiger partial charge in [0.2, 0.25) is 5.01 Å². The fraction of sp³-hybridized carbons (Fsp3) is 0.667. The molecule has 0 aliphatic carbocycles. The Labute approximate surface area is 91.1 Å². The van der Waals surface area contributed by atoms with E-state index in [-0.39, 0.29) is 10.1 Å². The fourth-order valence-corrected chi connectivity index (χ4v) is 2.26. The number of aliphatic hydroxyl groups is 2. The molecule has 15 heavy (non-hydrogen) atoms. The van der Waals surface area contributed by atoms with Crippen LogP contribution in [0.15, 0.2) is 4.34 Å². The van der Waals surface area contributed by atoms with Crippen LogP contribution in [0, 0.1) is 0 Å². The number of aliphatic hydroxyl groups excluding tert-OH is 2. The third-order valence-electron chi connectivity index (χ3n) is 1.26. The first kappa shape index (κ1) is 12.7. The van der Waals surface area contributed by atoms with Gasteiger partial charge in [0.25, 0.3) is 0 Å². The van der Waals surface area contributed by atoms with E-state index in [1.54, 1.807) is 0 Å². The van der Waals surface area contributed by atoms with Crippen LogP contribution < -0.4 is 0 Å². The summed E-state index contributed by atoms with van der Waals surface area (Å²) in [6, 6.07) is 0. The average Bonchev–Trinajstić information content (AvgIpc) is 2.61. The highest BCUT2D eigenvalue weighted by Gasteiger charge is 2.35. The Balaban J connectivity index is 2.54. The monoisotopic (exact) mass is 260 g/mol. The van der Waals surface area contributed by atoms with E-state index in [2.05, 4.69) is 10.2 Å². The van der Waals surface area contributed by atoms with E-state index >= 15 is 0 Å². The summed E-state index contributed by atoms with van der Waals surface area (Å²) < 4.78 is 36.3. The molecule has 4 nitrogen and oxygen atoms in total. The third kappa shape index (κ3) is 3.93. The number of nitrogens with zero attached hydrogens (tertiary/aromatic N) is 2. The van der Waals surface area contributed by atoms with Gasteiger partial charge in [0.15, 0.2) is 4.34 Å². The molecule has 0 aromatic carbocycles. The van der Waals surface area contributed by atoms with Gasteiger partial charge in [-0.05, 0) is 0 Å². The van der Waals surface area contributed by atoms with Gasteiger partial charge < -0.3 is 10.2 Å². The molecule has 0 saturated carbocycles. The Morgan fingerprint density at radius 1 is 1.40 bits per heavy atom. The third-order valence-corrected chi connectivity index (χ3v) is 3.51. The topological polar surface area (TPSA) is 66.2 Å². The van der Waals surface area contributed by atoms with Gasteiger partial charge in [-0.1, -0.05) is 23.1 Å². The number of alkyl halides is 3. The highest BCUT2D eigenvalue weighted by atomic mass is 32.2. The molecule has 0 spiro atoms. The van der Waals surface area contributed by atoms with Crippen molar-refractivity contribution in [3.8, 4) is 0 Å². The molecule has 0 fully saturated rings. The van der Waals surface area contributed by atoms with Crippen LogP contribution in [0.4, 0.5) is 13.2 Å². The van der Waals surface area contributed by atoms with Gasteiger partial charge in [0.1, 0.15) is 0 Å². The molecule has 0 radical (unpaired) electrons. The molecule has 1 unspecified atom stereocenters. The second-order valence-electron chi connectivity index (χ2n) is 2.52. The first-order valence-corrected chi connectivity index (χ1v) is 5.56. The van der Waals surface area contributed by atoms with Crippen molar-refractivity contribution in [3.63, 3.8) is 0 Å². The van der Waals surface area contributed by atoms with Crippen molar-refractivity contribution in [1.29, 1.82) is 0 Å². The molecule has 1 heterocycles. The largest absolute Gasteiger partial charge is 0.445 e. The molecule has 0 saturated heterocycles. The number of hydrogen-bond acceptors (Lipinski definition) is 6. The summed E-state index contributed by atoms with van der Waals surface area (Å²) in [5.41, 5.74) is 0. The molecule has 1 aromatic heterocycles. The SMILES string of the molecule is OCC(O)CSc1nnc(C(F)(F)F)s1. The summed E-state index contributed by atoms with van der Waals surface area (Å²) in [5, 5.41) is 22.7. The average molecular weight is 260 g/mol. The Hall–Kier alpha value is -0.380. The highest BCUT2D eigenvalue weighted by molar-refractivity contribution is 8.01. The number of thioether (sulfide) groups is 1. The van der Waals surface area contributed by atoms with E-state index in [1.807, 2.05) is 0 Å². The Morgan fingerprint density at radius 3 is 2.53 bits per heavy atom. The normalized spacial score (nSPS) is 14.2. The number of aromatic nitrogens is 2. The minimum atomic E-state index is -4.48. The van der Waals surface area contributed by atoms with E-state index in [0.29, 0.717) is 11.3 Å². The molecule has 0 aliphatic heterocycles. The van der Waals surface area contributed by atoms with E-state index in [4.69, 9.17) is 10.2 Å². The maximum absolute atomic E-state index is 12.1. The molecule has 9 heteroatoms. The lowest BCUT2D eigenvalue weighted by Crippen LogP contribution is -2.14. The lowest BCUT2D eigenvalue weighted by Gasteiger charge is -2.02. The summed E-state index contributed by atoms with van der Waals surface area (Å²) in [6.07, 6.45) is -5.44. The summed E-state index contributed by atoms with van der Waals surface area (Å²) in [7, 11) is 0. The molecule has 2 N–H and O–H groups in total. The lowest BCUT2D eigenvalue weighted by atomic mass is 10.4. The smallest absolute Gasteiger partial charge is 0.394 e. The van der Waals surface area contributed by atoms with Crippen LogP contribution >= 0.6 is 23.1 Å². The van der Waals surface area contributed by atoms with Crippen LogP contribution in [-0.2, 0) is 6.18 Å². The molecule has 1 atom stereocenters. The Kier molecular flexibility index (Phi) is 4.32. The number of hydrogen-bond donors (Lipinski definition) is 2. The summed E-state index contributed by atoms with van der Waals surface area (Å²) in [6.45, 7) is -0.433. The van der Waals surface area contributed by atoms with Crippen LogP contribution in [0.5, 0.6) is 0 Å². The van der Waals surface area contributed by atoms with E-state index in [0.717, 1.165) is 11.8 Å². The van der Waals surface area contributed by atoms with Crippen LogP contribution in [0.1, 0.15) is 5.01 Å². The van der Waals surface area contributed by atoms with Gasteiger partial charge in [-0.2, -0.15) is 13.2 Å². The number of rotatable bonds is 4. The van der Waals surface area contributed by atoms with Crippen LogP contribution in [0.25, 0.3) is 0 Å². The first-order chi connectivity index (χ1) is 6.93. The van der Waals surface area contributed by atoms with Gasteiger partial charge in [0, 0.05) is 5.75 Å². The van der Waals surface area contributed by atoms with Gasteiger partial charge in [-0.25, -0.2) is 0 Å². The van der Waals surface area contributed by atoms with E-state index in [1.165, 1.54) is 0 Å². The van der Waals surface area contributed by atoms with E-state index in [9.17, 15) is 13.2 Å². The molecule has 0 bridgehead atoms. The summed E-state index contributed by atoms with van der Waals surface area (Å²) in [5.74, 6) is 0.0863. The van der Waals surface area contributed by atoms with Gasteiger partial charge in [-0.3, -0.25) is 0 Å². The molecule has 0 aliphatic rings. The quantitative estimate of drug-likeness (QED) is 0.791. The zero-order chi connectivity index (χ0) is 11.5.